The zero-order valence-electron chi connectivity index (χ0n) is 16.6. The molecule has 0 fully saturated rings. The van der Waals surface area contributed by atoms with E-state index in [1.54, 1.807) is 12.1 Å². The van der Waals surface area contributed by atoms with Gasteiger partial charge in [-0.1, -0.05) is 12.1 Å². The predicted molar refractivity (Wildman–Crippen MR) is 117 cm³/mol. The Balaban J connectivity index is 1.85. The summed E-state index contributed by atoms with van der Waals surface area (Å²) in [7, 11) is 0. The lowest BCUT2D eigenvalue weighted by molar-refractivity contribution is -0.137. The van der Waals surface area contributed by atoms with Gasteiger partial charge in [-0.2, -0.15) is 13.2 Å². The molecule has 9 heteroatoms. The lowest BCUT2D eigenvalue weighted by atomic mass is 10.0. The molecule has 1 heterocycles. The third kappa shape index (κ3) is 4.83. The van der Waals surface area contributed by atoms with E-state index in [0.29, 0.717) is 21.7 Å². The fourth-order valence-corrected chi connectivity index (χ4v) is 4.42. The number of phenolic OH excluding ortho intramolecular Hbond substituents is 1. The fourth-order valence-electron chi connectivity index (χ4n) is 3.22. The van der Waals surface area contributed by atoms with Crippen molar-refractivity contribution in [3.8, 4) is 27.7 Å². The average Bonchev–Trinajstić information content (AvgIpc) is 3.09. The maximum absolute atomic E-state index is 14.0. The van der Waals surface area contributed by atoms with Gasteiger partial charge >= 0.3 is 12.1 Å². The van der Waals surface area contributed by atoms with E-state index >= 15 is 0 Å². The van der Waals surface area contributed by atoms with Gasteiger partial charge in [0.1, 0.15) is 17.3 Å². The van der Waals surface area contributed by atoms with Crippen molar-refractivity contribution < 1.29 is 37.3 Å². The number of fused-ring (bicyclic) bond motifs is 1. The van der Waals surface area contributed by atoms with Crippen molar-refractivity contribution in [1.29, 1.82) is 0 Å². The molecule has 1 aromatic heterocycles. The number of rotatable bonds is 5. The second-order valence-electron chi connectivity index (χ2n) is 6.97. The Morgan fingerprint density at radius 2 is 1.73 bits per heavy atom. The molecule has 33 heavy (non-hydrogen) atoms. The highest BCUT2D eigenvalue weighted by molar-refractivity contribution is 7.22. The number of benzene rings is 3. The standard InChI is InChI=1S/C24H14F4O4S/c25-14-4-9-19(24(26,27)28)18(11-14)23-22(17-8-5-15(29)12-20(17)33-23)32-16-6-1-13(2-7-16)3-10-21(30)31/h1-12,29H,(H,30,31). The van der Waals surface area contributed by atoms with Crippen LogP contribution in [0.15, 0.2) is 66.7 Å². The van der Waals surface area contributed by atoms with Crippen LogP contribution < -0.4 is 4.74 Å². The molecule has 0 unspecified atom stereocenters. The number of hydrogen-bond donors (Lipinski definition) is 2. The summed E-state index contributed by atoms with van der Waals surface area (Å²) < 4.78 is 61.4. The zero-order chi connectivity index (χ0) is 23.8. The summed E-state index contributed by atoms with van der Waals surface area (Å²) in [6, 6.07) is 12.7. The van der Waals surface area contributed by atoms with Gasteiger partial charge in [-0.3, -0.25) is 0 Å². The van der Waals surface area contributed by atoms with Gasteiger partial charge in [0.25, 0.3) is 0 Å². The van der Waals surface area contributed by atoms with E-state index in [4.69, 9.17) is 9.84 Å². The largest absolute Gasteiger partial charge is 0.508 e. The molecule has 168 valence electrons. The summed E-state index contributed by atoms with van der Waals surface area (Å²) in [5.74, 6) is -1.66. The minimum Gasteiger partial charge on any atom is -0.508 e. The molecule has 3 aromatic carbocycles. The molecule has 0 spiro atoms. The Hall–Kier alpha value is -3.85. The monoisotopic (exact) mass is 474 g/mol. The summed E-state index contributed by atoms with van der Waals surface area (Å²) in [4.78, 5) is 10.7. The van der Waals surface area contributed by atoms with E-state index in [9.17, 15) is 27.5 Å². The van der Waals surface area contributed by atoms with Crippen molar-refractivity contribution in [3.63, 3.8) is 0 Å². The Morgan fingerprint density at radius 3 is 2.39 bits per heavy atom. The van der Waals surface area contributed by atoms with Gasteiger partial charge in [-0.15, -0.1) is 11.3 Å². The summed E-state index contributed by atoms with van der Waals surface area (Å²) in [6.45, 7) is 0. The first-order valence-corrected chi connectivity index (χ1v) is 10.2. The normalized spacial score (nSPS) is 11.9. The molecule has 4 nitrogen and oxygen atoms in total. The number of carboxylic acids is 1. The van der Waals surface area contributed by atoms with Crippen LogP contribution in [0.4, 0.5) is 17.6 Å². The van der Waals surface area contributed by atoms with Crippen molar-refractivity contribution in [2.24, 2.45) is 0 Å². The third-order valence-electron chi connectivity index (χ3n) is 4.68. The molecule has 4 aromatic rings. The van der Waals surface area contributed by atoms with Crippen LogP contribution in [0.3, 0.4) is 0 Å². The number of ether oxygens (including phenoxy) is 1. The molecule has 0 saturated carbocycles. The Bertz CT molecular complexity index is 1370. The van der Waals surface area contributed by atoms with E-state index in [1.807, 2.05) is 0 Å². The van der Waals surface area contributed by atoms with Gasteiger partial charge in [-0.25, -0.2) is 9.18 Å². The second-order valence-corrected chi connectivity index (χ2v) is 8.02. The summed E-state index contributed by atoms with van der Waals surface area (Å²) in [5.41, 5.74) is -0.813. The van der Waals surface area contributed by atoms with E-state index in [0.717, 1.165) is 29.5 Å². The number of carboxylic acid groups (broad SMARTS) is 1. The smallest absolute Gasteiger partial charge is 0.417 e. The number of phenols is 1. The van der Waals surface area contributed by atoms with Crippen molar-refractivity contribution in [2.45, 2.75) is 6.18 Å². The zero-order valence-corrected chi connectivity index (χ0v) is 17.4. The number of thiophene rings is 1. The molecule has 0 atom stereocenters. The first-order valence-electron chi connectivity index (χ1n) is 9.43. The summed E-state index contributed by atoms with van der Waals surface area (Å²) >= 11 is 0.936. The lowest BCUT2D eigenvalue weighted by Crippen LogP contribution is -2.07. The molecule has 0 aliphatic carbocycles. The number of alkyl halides is 3. The molecule has 0 radical (unpaired) electrons. The Labute approximate surface area is 188 Å². The van der Waals surface area contributed by atoms with Crippen LogP contribution in [0.2, 0.25) is 0 Å². The van der Waals surface area contributed by atoms with Crippen molar-refractivity contribution in [2.75, 3.05) is 0 Å². The molecule has 4 rings (SSSR count). The van der Waals surface area contributed by atoms with Crippen LogP contribution in [0.25, 0.3) is 26.6 Å². The minimum atomic E-state index is -4.73. The SMILES string of the molecule is O=C(O)C=Cc1ccc(Oc2c(-c3cc(F)ccc3C(F)(F)F)sc3cc(O)ccc23)cc1. The van der Waals surface area contributed by atoms with Crippen molar-refractivity contribution in [3.05, 3.63) is 83.7 Å². The lowest BCUT2D eigenvalue weighted by Gasteiger charge is -2.14. The molecule has 2 N–H and O–H groups in total. The van der Waals surface area contributed by atoms with E-state index < -0.39 is 23.5 Å². The van der Waals surface area contributed by atoms with Crippen LogP contribution in [0, 0.1) is 5.82 Å². The first kappa shape index (κ1) is 22.3. The Kier molecular flexibility index (Phi) is 5.82. The van der Waals surface area contributed by atoms with Crippen molar-refractivity contribution in [1.82, 2.24) is 0 Å². The molecular weight excluding hydrogens is 460 g/mol. The molecule has 0 saturated heterocycles. The van der Waals surface area contributed by atoms with Gasteiger partial charge in [0.05, 0.1) is 10.4 Å². The van der Waals surface area contributed by atoms with Crippen LogP contribution in [0.1, 0.15) is 11.1 Å². The summed E-state index contributed by atoms with van der Waals surface area (Å²) in [6.07, 6.45) is -2.38. The molecule has 0 aliphatic heterocycles. The second kappa shape index (κ2) is 8.59. The van der Waals surface area contributed by atoms with Crippen molar-refractivity contribution >= 4 is 33.5 Å². The minimum absolute atomic E-state index is 0.0530. The van der Waals surface area contributed by atoms with Crippen LogP contribution in [-0.4, -0.2) is 16.2 Å². The van der Waals surface area contributed by atoms with Gasteiger partial charge in [0, 0.05) is 21.7 Å². The number of hydrogen-bond acceptors (Lipinski definition) is 4. The molecule has 0 aliphatic rings. The molecule has 0 amide bonds. The van der Waals surface area contributed by atoms with Gasteiger partial charge in [0.2, 0.25) is 0 Å². The molecular formula is C24H14F4O4S. The number of halogens is 4. The summed E-state index contributed by atoms with van der Waals surface area (Å²) in [5, 5.41) is 19.0. The molecule has 0 bridgehead atoms. The van der Waals surface area contributed by atoms with Gasteiger partial charge in [-0.05, 0) is 60.2 Å². The average molecular weight is 474 g/mol. The Morgan fingerprint density at radius 1 is 1.00 bits per heavy atom. The quantitative estimate of drug-likeness (QED) is 0.235. The topological polar surface area (TPSA) is 66.8 Å². The van der Waals surface area contributed by atoms with Crippen LogP contribution >= 0.6 is 11.3 Å². The van der Waals surface area contributed by atoms with Crippen LogP contribution in [-0.2, 0) is 11.0 Å². The van der Waals surface area contributed by atoms with Gasteiger partial charge < -0.3 is 14.9 Å². The van der Waals surface area contributed by atoms with E-state index in [1.165, 1.54) is 36.4 Å². The third-order valence-corrected chi connectivity index (χ3v) is 5.85. The maximum atomic E-state index is 14.0. The highest BCUT2D eigenvalue weighted by atomic mass is 32.1. The van der Waals surface area contributed by atoms with Crippen LogP contribution in [0.5, 0.6) is 17.2 Å². The van der Waals surface area contributed by atoms with E-state index in [-0.39, 0.29) is 27.7 Å². The number of aliphatic carboxylic acids is 1. The maximum Gasteiger partial charge on any atom is 0.417 e. The fraction of sp³-hybridized carbons (Fsp3) is 0.0417. The number of aromatic hydroxyl groups is 1. The first-order chi connectivity index (χ1) is 15.6. The number of carbonyl (C=O) groups is 1. The highest BCUT2D eigenvalue weighted by Crippen LogP contribution is 2.50. The highest BCUT2D eigenvalue weighted by Gasteiger charge is 2.35. The predicted octanol–water partition coefficient (Wildman–Crippen LogP) is 7.32. The van der Waals surface area contributed by atoms with E-state index in [2.05, 4.69) is 0 Å². The van der Waals surface area contributed by atoms with Gasteiger partial charge in [0.15, 0.2) is 5.75 Å².